The van der Waals surface area contributed by atoms with Gasteiger partial charge in [-0.2, -0.15) is 0 Å². The van der Waals surface area contributed by atoms with Crippen LogP contribution in [0, 0.1) is 0 Å². The molecule has 0 bridgehead atoms. The summed E-state index contributed by atoms with van der Waals surface area (Å²) in [6.07, 6.45) is 3.36. The third-order valence-corrected chi connectivity index (χ3v) is 2.70. The summed E-state index contributed by atoms with van der Waals surface area (Å²) in [5.41, 5.74) is 11.7. The number of likely N-dealkylation sites (tertiary alicyclic amines) is 1. The van der Waals surface area contributed by atoms with Gasteiger partial charge in [-0.3, -0.25) is 0 Å². The van der Waals surface area contributed by atoms with Crippen LogP contribution in [-0.2, 0) is 0 Å². The Kier molecular flexibility index (Phi) is 3.71. The van der Waals surface area contributed by atoms with E-state index in [0.717, 1.165) is 38.9 Å². The average molecular weight is 185 g/mol. The lowest BCUT2D eigenvalue weighted by atomic mass is 10.0. The van der Waals surface area contributed by atoms with E-state index in [4.69, 9.17) is 11.5 Å². The van der Waals surface area contributed by atoms with Gasteiger partial charge in [0.1, 0.15) is 0 Å². The highest BCUT2D eigenvalue weighted by Gasteiger charge is 2.18. The summed E-state index contributed by atoms with van der Waals surface area (Å²) in [5.74, 6) is 0. The highest BCUT2D eigenvalue weighted by Crippen LogP contribution is 2.11. The molecule has 3 heteroatoms. The molecule has 0 aromatic rings. The summed E-state index contributed by atoms with van der Waals surface area (Å²) in [6, 6.07) is 0.433. The van der Waals surface area contributed by atoms with Crippen LogP contribution < -0.4 is 11.5 Å². The Bertz CT molecular complexity index is 143. The maximum absolute atomic E-state index is 5.93. The minimum absolute atomic E-state index is 0.0282. The first kappa shape index (κ1) is 11.0. The molecule has 0 aromatic carbocycles. The van der Waals surface area contributed by atoms with Gasteiger partial charge in [-0.1, -0.05) is 0 Å². The van der Waals surface area contributed by atoms with Gasteiger partial charge in [0.2, 0.25) is 0 Å². The third kappa shape index (κ3) is 4.60. The SMILES string of the molecule is CC(C)(N)CCN1CCC(N)CC1. The van der Waals surface area contributed by atoms with Crippen LogP contribution in [0.25, 0.3) is 0 Å². The van der Waals surface area contributed by atoms with Gasteiger partial charge in [-0.25, -0.2) is 0 Å². The van der Waals surface area contributed by atoms with Crippen molar-refractivity contribution in [1.29, 1.82) is 0 Å². The third-order valence-electron chi connectivity index (χ3n) is 2.70. The standard InChI is InChI=1S/C10H23N3/c1-10(2,12)5-8-13-6-3-9(11)4-7-13/h9H,3-8,11-12H2,1-2H3. The summed E-state index contributed by atoms with van der Waals surface area (Å²) in [5, 5.41) is 0. The van der Waals surface area contributed by atoms with Crippen molar-refractivity contribution in [3.63, 3.8) is 0 Å². The largest absolute Gasteiger partial charge is 0.328 e. The van der Waals surface area contributed by atoms with E-state index in [1.54, 1.807) is 0 Å². The zero-order chi connectivity index (χ0) is 9.90. The van der Waals surface area contributed by atoms with E-state index in [0.29, 0.717) is 6.04 Å². The lowest BCUT2D eigenvalue weighted by molar-refractivity contribution is 0.198. The van der Waals surface area contributed by atoms with Gasteiger partial charge in [0.05, 0.1) is 0 Å². The molecule has 1 aliphatic heterocycles. The summed E-state index contributed by atoms with van der Waals surface area (Å²) >= 11 is 0. The fourth-order valence-electron chi connectivity index (χ4n) is 1.62. The number of piperidine rings is 1. The van der Waals surface area contributed by atoms with E-state index < -0.39 is 0 Å². The summed E-state index contributed by atoms with van der Waals surface area (Å²) in [6.45, 7) is 7.59. The Morgan fingerprint density at radius 2 is 1.85 bits per heavy atom. The van der Waals surface area contributed by atoms with E-state index >= 15 is 0 Å². The predicted octanol–water partition coefficient (Wildman–Crippen LogP) is 0.537. The van der Waals surface area contributed by atoms with Crippen molar-refractivity contribution < 1.29 is 0 Å². The Balaban J connectivity index is 2.16. The smallest absolute Gasteiger partial charge is 0.0109 e. The number of hydrogen-bond acceptors (Lipinski definition) is 3. The Morgan fingerprint density at radius 1 is 1.31 bits per heavy atom. The molecule has 1 rings (SSSR count). The maximum atomic E-state index is 5.93. The van der Waals surface area contributed by atoms with Crippen molar-refractivity contribution in [3.05, 3.63) is 0 Å². The molecular weight excluding hydrogens is 162 g/mol. The molecule has 0 atom stereocenters. The average Bonchev–Trinajstić information content (AvgIpc) is 2.02. The molecule has 1 fully saturated rings. The van der Waals surface area contributed by atoms with Crippen LogP contribution >= 0.6 is 0 Å². The van der Waals surface area contributed by atoms with Crippen molar-refractivity contribution >= 4 is 0 Å². The molecule has 0 aromatic heterocycles. The molecule has 0 radical (unpaired) electrons. The van der Waals surface area contributed by atoms with Gasteiger partial charge < -0.3 is 16.4 Å². The lowest BCUT2D eigenvalue weighted by Gasteiger charge is -2.32. The van der Waals surface area contributed by atoms with Crippen molar-refractivity contribution in [2.75, 3.05) is 19.6 Å². The molecule has 0 aliphatic carbocycles. The molecule has 13 heavy (non-hydrogen) atoms. The van der Waals surface area contributed by atoms with Crippen molar-refractivity contribution in [3.8, 4) is 0 Å². The van der Waals surface area contributed by atoms with Gasteiger partial charge >= 0.3 is 0 Å². The van der Waals surface area contributed by atoms with Crippen LogP contribution in [0.15, 0.2) is 0 Å². The van der Waals surface area contributed by atoms with E-state index in [-0.39, 0.29) is 5.54 Å². The second-order valence-electron chi connectivity index (χ2n) is 4.92. The number of nitrogens with zero attached hydrogens (tertiary/aromatic N) is 1. The summed E-state index contributed by atoms with van der Waals surface area (Å²) < 4.78 is 0. The molecule has 1 aliphatic rings. The summed E-state index contributed by atoms with van der Waals surface area (Å²) in [7, 11) is 0. The van der Waals surface area contributed by atoms with E-state index in [1.165, 1.54) is 0 Å². The molecule has 1 saturated heterocycles. The second kappa shape index (κ2) is 4.40. The highest BCUT2D eigenvalue weighted by atomic mass is 15.1. The molecule has 0 amide bonds. The summed E-state index contributed by atoms with van der Waals surface area (Å²) in [4.78, 5) is 2.47. The van der Waals surface area contributed by atoms with Crippen LogP contribution in [0.1, 0.15) is 33.1 Å². The molecule has 1 heterocycles. The molecule has 3 nitrogen and oxygen atoms in total. The predicted molar refractivity (Wildman–Crippen MR) is 56.5 cm³/mol. The Hall–Kier alpha value is -0.120. The van der Waals surface area contributed by atoms with Crippen molar-refractivity contribution in [2.24, 2.45) is 11.5 Å². The van der Waals surface area contributed by atoms with Gasteiger partial charge in [0.15, 0.2) is 0 Å². The van der Waals surface area contributed by atoms with E-state index in [1.807, 2.05) is 0 Å². The number of nitrogens with two attached hydrogens (primary N) is 2. The lowest BCUT2D eigenvalue weighted by Crippen LogP contribution is -2.43. The first-order chi connectivity index (χ1) is 5.97. The van der Waals surface area contributed by atoms with Crippen LogP contribution in [0.2, 0.25) is 0 Å². The fourth-order valence-corrected chi connectivity index (χ4v) is 1.62. The van der Waals surface area contributed by atoms with Crippen LogP contribution in [0.3, 0.4) is 0 Å². The zero-order valence-electron chi connectivity index (χ0n) is 8.92. The quantitative estimate of drug-likeness (QED) is 0.674. The van der Waals surface area contributed by atoms with Gasteiger partial charge in [0.25, 0.3) is 0 Å². The van der Waals surface area contributed by atoms with Crippen LogP contribution in [0.4, 0.5) is 0 Å². The molecule has 0 spiro atoms. The second-order valence-corrected chi connectivity index (χ2v) is 4.92. The number of hydrogen-bond donors (Lipinski definition) is 2. The fraction of sp³-hybridized carbons (Fsp3) is 1.00. The Morgan fingerprint density at radius 3 is 2.31 bits per heavy atom. The first-order valence-corrected chi connectivity index (χ1v) is 5.24. The Labute approximate surface area is 81.5 Å². The highest BCUT2D eigenvalue weighted by molar-refractivity contribution is 4.78. The molecule has 0 saturated carbocycles. The van der Waals surface area contributed by atoms with Gasteiger partial charge in [0, 0.05) is 11.6 Å². The molecule has 4 N–H and O–H groups in total. The van der Waals surface area contributed by atoms with Crippen LogP contribution in [-0.4, -0.2) is 36.1 Å². The normalized spacial score (nSPS) is 22.2. The molecular formula is C10H23N3. The van der Waals surface area contributed by atoms with Crippen molar-refractivity contribution in [2.45, 2.75) is 44.7 Å². The maximum Gasteiger partial charge on any atom is 0.0109 e. The molecule has 78 valence electrons. The first-order valence-electron chi connectivity index (χ1n) is 5.24. The monoisotopic (exact) mass is 185 g/mol. The van der Waals surface area contributed by atoms with E-state index in [9.17, 15) is 0 Å². The minimum atomic E-state index is -0.0282. The van der Waals surface area contributed by atoms with Gasteiger partial charge in [-0.05, 0) is 52.7 Å². The molecule has 0 unspecified atom stereocenters. The van der Waals surface area contributed by atoms with Gasteiger partial charge in [-0.15, -0.1) is 0 Å². The van der Waals surface area contributed by atoms with Crippen LogP contribution in [0.5, 0.6) is 0 Å². The number of rotatable bonds is 3. The minimum Gasteiger partial charge on any atom is -0.328 e. The van der Waals surface area contributed by atoms with Crippen molar-refractivity contribution in [1.82, 2.24) is 4.90 Å². The van der Waals surface area contributed by atoms with E-state index in [2.05, 4.69) is 18.7 Å². The zero-order valence-corrected chi connectivity index (χ0v) is 8.92. The topological polar surface area (TPSA) is 55.3 Å².